The van der Waals surface area contributed by atoms with Crippen molar-refractivity contribution in [3.63, 3.8) is 0 Å². The van der Waals surface area contributed by atoms with Crippen molar-refractivity contribution in [3.8, 4) is 0 Å². The lowest BCUT2D eigenvalue weighted by atomic mass is 9.81. The summed E-state index contributed by atoms with van der Waals surface area (Å²) in [6.45, 7) is 6.00. The van der Waals surface area contributed by atoms with E-state index in [9.17, 15) is 0 Å². The first kappa shape index (κ1) is 18.6. The summed E-state index contributed by atoms with van der Waals surface area (Å²) in [4.78, 5) is 8.00. The van der Waals surface area contributed by atoms with E-state index in [0.29, 0.717) is 5.92 Å². The topological polar surface area (TPSA) is 17.1 Å². The van der Waals surface area contributed by atoms with E-state index in [0.717, 1.165) is 12.8 Å². The second kappa shape index (κ2) is 11.2. The number of hydrogen-bond acceptors (Lipinski definition) is 1. The first-order valence-electron chi connectivity index (χ1n) is 8.19. The molecule has 0 heterocycles. The van der Waals surface area contributed by atoms with Crippen LogP contribution in [0.5, 0.6) is 0 Å². The van der Waals surface area contributed by atoms with Crippen molar-refractivity contribution < 1.29 is 4.79 Å². The van der Waals surface area contributed by atoms with Crippen LogP contribution < -0.4 is 0 Å². The normalized spacial score (nSPS) is 12.4. The van der Waals surface area contributed by atoms with Gasteiger partial charge in [0, 0.05) is 5.92 Å². The van der Waals surface area contributed by atoms with E-state index in [1.165, 1.54) is 16.7 Å². The molecule has 0 saturated carbocycles. The first-order chi connectivity index (χ1) is 11.4. The third kappa shape index (κ3) is 5.37. The minimum absolute atomic E-state index is 0.396. The fraction of sp³-hybridized carbons (Fsp3) is 0.227. The molecule has 120 valence electrons. The van der Waals surface area contributed by atoms with E-state index >= 15 is 0 Å². The lowest BCUT2D eigenvalue weighted by Crippen LogP contribution is -2.06. The third-order valence-corrected chi connectivity index (χ3v) is 3.68. The van der Waals surface area contributed by atoms with Gasteiger partial charge in [0.25, 0.3) is 0 Å². The molecular formula is C22H26O. The number of benzene rings is 2. The van der Waals surface area contributed by atoms with Gasteiger partial charge in [-0.15, -0.1) is 0 Å². The lowest BCUT2D eigenvalue weighted by Gasteiger charge is -2.22. The van der Waals surface area contributed by atoms with E-state index in [1.807, 2.05) is 20.6 Å². The second-order valence-corrected chi connectivity index (χ2v) is 4.96. The summed E-state index contributed by atoms with van der Waals surface area (Å²) in [5.74, 6) is 0.396. The van der Waals surface area contributed by atoms with Crippen LogP contribution in [0, 0.1) is 0 Å². The second-order valence-electron chi connectivity index (χ2n) is 4.96. The van der Waals surface area contributed by atoms with Crippen molar-refractivity contribution in [1.82, 2.24) is 0 Å². The van der Waals surface area contributed by atoms with Crippen LogP contribution in [0.25, 0.3) is 0 Å². The molecule has 1 aliphatic rings. The van der Waals surface area contributed by atoms with Gasteiger partial charge in [0.1, 0.15) is 6.79 Å². The van der Waals surface area contributed by atoms with Gasteiger partial charge in [-0.05, 0) is 24.0 Å². The van der Waals surface area contributed by atoms with Crippen molar-refractivity contribution in [2.45, 2.75) is 32.6 Å². The predicted octanol–water partition coefficient (Wildman–Crippen LogP) is 5.94. The average molecular weight is 306 g/mol. The van der Waals surface area contributed by atoms with E-state index in [1.54, 1.807) is 0 Å². The maximum absolute atomic E-state index is 8.00. The van der Waals surface area contributed by atoms with E-state index in [4.69, 9.17) is 4.79 Å². The summed E-state index contributed by atoms with van der Waals surface area (Å²) < 4.78 is 0. The van der Waals surface area contributed by atoms with Gasteiger partial charge in [-0.2, -0.15) is 0 Å². The van der Waals surface area contributed by atoms with E-state index in [-0.39, 0.29) is 0 Å². The molecule has 2 aromatic carbocycles. The zero-order chi connectivity index (χ0) is 16.9. The highest BCUT2D eigenvalue weighted by Crippen LogP contribution is 2.35. The molecule has 0 bridgehead atoms. The van der Waals surface area contributed by atoms with Crippen LogP contribution >= 0.6 is 0 Å². The summed E-state index contributed by atoms with van der Waals surface area (Å²) in [6, 6.07) is 21.6. The maximum atomic E-state index is 8.00. The largest absolute Gasteiger partial charge is 0.307 e. The van der Waals surface area contributed by atoms with Crippen LogP contribution in [0.3, 0.4) is 0 Å². The minimum atomic E-state index is 0.396. The molecular weight excluding hydrogens is 280 g/mol. The van der Waals surface area contributed by atoms with Crippen molar-refractivity contribution in [3.05, 3.63) is 95.6 Å². The highest BCUT2D eigenvalue weighted by Gasteiger charge is 2.18. The Balaban J connectivity index is 0.000000615. The number of carbonyl (C=O) groups is 1. The molecule has 0 atom stereocenters. The molecule has 0 unspecified atom stereocenters. The zero-order valence-electron chi connectivity index (χ0n) is 14.1. The van der Waals surface area contributed by atoms with Gasteiger partial charge in [0.15, 0.2) is 0 Å². The van der Waals surface area contributed by atoms with Crippen LogP contribution in [0.2, 0.25) is 0 Å². The highest BCUT2D eigenvalue weighted by atomic mass is 16.1. The Bertz CT molecular complexity index is 557. The standard InChI is InChI=1S/C19H18.C2H6.CH2O/c1-4-10-16(11-5-1)19(17-12-6-2-7-13-17)18-14-8-3-9-15-18;2*1-2/h1-8,10-14,19H,9,15H2;1-2H3;1H2. The number of rotatable bonds is 3. The van der Waals surface area contributed by atoms with Crippen molar-refractivity contribution >= 4 is 6.79 Å². The SMILES string of the molecule is C1=CCCC(C(c2ccccc2)c2ccccc2)=C1.C=O.CC. The highest BCUT2D eigenvalue weighted by molar-refractivity contribution is 5.42. The fourth-order valence-corrected chi connectivity index (χ4v) is 2.77. The summed E-state index contributed by atoms with van der Waals surface area (Å²) in [6.07, 6.45) is 9.04. The minimum Gasteiger partial charge on any atom is -0.307 e. The summed E-state index contributed by atoms with van der Waals surface area (Å²) in [7, 11) is 0. The predicted molar refractivity (Wildman–Crippen MR) is 99.7 cm³/mol. The van der Waals surface area contributed by atoms with Gasteiger partial charge < -0.3 is 4.79 Å². The Kier molecular flexibility index (Phi) is 9.07. The molecule has 1 nitrogen and oxygen atoms in total. The van der Waals surface area contributed by atoms with Gasteiger partial charge in [0.2, 0.25) is 0 Å². The number of allylic oxidation sites excluding steroid dienone is 4. The summed E-state index contributed by atoms with van der Waals surface area (Å²) in [5, 5.41) is 0. The fourth-order valence-electron chi connectivity index (χ4n) is 2.77. The zero-order valence-corrected chi connectivity index (χ0v) is 14.1. The molecule has 3 rings (SSSR count). The van der Waals surface area contributed by atoms with Crippen molar-refractivity contribution in [1.29, 1.82) is 0 Å². The summed E-state index contributed by atoms with van der Waals surface area (Å²) >= 11 is 0. The number of carbonyl (C=O) groups excluding carboxylic acids is 1. The Labute approximate surface area is 140 Å². The average Bonchev–Trinajstić information content (AvgIpc) is 2.68. The molecule has 23 heavy (non-hydrogen) atoms. The van der Waals surface area contributed by atoms with E-state index in [2.05, 4.69) is 78.9 Å². The Morgan fingerprint density at radius 2 is 1.30 bits per heavy atom. The smallest absolute Gasteiger partial charge is 0.106 e. The van der Waals surface area contributed by atoms with Gasteiger partial charge in [-0.25, -0.2) is 0 Å². The molecule has 1 aliphatic carbocycles. The van der Waals surface area contributed by atoms with Gasteiger partial charge >= 0.3 is 0 Å². The molecule has 0 fully saturated rings. The molecule has 1 heteroatoms. The Hall–Kier alpha value is -2.41. The van der Waals surface area contributed by atoms with E-state index < -0.39 is 0 Å². The molecule has 2 aromatic rings. The molecule has 0 aliphatic heterocycles. The monoisotopic (exact) mass is 306 g/mol. The molecule has 0 aromatic heterocycles. The third-order valence-electron chi connectivity index (χ3n) is 3.68. The van der Waals surface area contributed by atoms with Gasteiger partial charge in [-0.1, -0.05) is 98.3 Å². The van der Waals surface area contributed by atoms with Crippen molar-refractivity contribution in [2.75, 3.05) is 0 Å². The van der Waals surface area contributed by atoms with Crippen LogP contribution in [-0.2, 0) is 4.79 Å². The quantitative estimate of drug-likeness (QED) is 0.686. The lowest BCUT2D eigenvalue weighted by molar-refractivity contribution is -0.0979. The molecule has 0 N–H and O–H groups in total. The van der Waals surface area contributed by atoms with Crippen LogP contribution in [0.15, 0.2) is 84.5 Å². The van der Waals surface area contributed by atoms with Crippen LogP contribution in [-0.4, -0.2) is 6.79 Å². The number of hydrogen-bond donors (Lipinski definition) is 0. The Morgan fingerprint density at radius 3 is 1.70 bits per heavy atom. The molecule has 0 radical (unpaired) electrons. The molecule has 0 saturated heterocycles. The van der Waals surface area contributed by atoms with Crippen molar-refractivity contribution in [2.24, 2.45) is 0 Å². The van der Waals surface area contributed by atoms with Gasteiger partial charge in [-0.3, -0.25) is 0 Å². The van der Waals surface area contributed by atoms with Gasteiger partial charge in [0.05, 0.1) is 0 Å². The molecule has 0 spiro atoms. The maximum Gasteiger partial charge on any atom is 0.106 e. The Morgan fingerprint density at radius 1 is 0.826 bits per heavy atom. The molecule has 0 amide bonds. The first-order valence-corrected chi connectivity index (χ1v) is 8.19. The van der Waals surface area contributed by atoms with Crippen LogP contribution in [0.4, 0.5) is 0 Å². The summed E-state index contributed by atoms with van der Waals surface area (Å²) in [5.41, 5.74) is 4.28. The van der Waals surface area contributed by atoms with Crippen LogP contribution in [0.1, 0.15) is 43.7 Å².